The van der Waals surface area contributed by atoms with Gasteiger partial charge in [0.15, 0.2) is 0 Å². The summed E-state index contributed by atoms with van der Waals surface area (Å²) in [7, 11) is 0. The zero-order valence-corrected chi connectivity index (χ0v) is 5.81. The van der Waals surface area contributed by atoms with Crippen molar-refractivity contribution in [3.8, 4) is 0 Å². The summed E-state index contributed by atoms with van der Waals surface area (Å²) < 4.78 is 4.52. The number of aromatic nitrogens is 2. The number of hydrogen-bond donors (Lipinski definition) is 2. The van der Waals surface area contributed by atoms with Gasteiger partial charge in [0, 0.05) is 0 Å². The molecule has 0 aliphatic heterocycles. The Balaban J connectivity index is 2.90. The van der Waals surface area contributed by atoms with Gasteiger partial charge < -0.3 is 15.4 Å². The second-order valence-corrected chi connectivity index (χ2v) is 2.05. The molecule has 3 N–H and O–H groups in total. The Morgan fingerprint density at radius 3 is 2.73 bits per heavy atom. The molecule has 0 aliphatic rings. The van der Waals surface area contributed by atoms with Crippen LogP contribution in [0.3, 0.4) is 0 Å². The summed E-state index contributed by atoms with van der Waals surface area (Å²) >= 11 is 0. The molecular formula is C5H7N3O3. The first kappa shape index (κ1) is 7.67. The van der Waals surface area contributed by atoms with Crippen molar-refractivity contribution < 1.29 is 14.4 Å². The van der Waals surface area contributed by atoms with Crippen LogP contribution in [0, 0.1) is 0 Å². The minimum Gasteiger partial charge on any atom is -0.475 e. The Morgan fingerprint density at radius 1 is 1.82 bits per heavy atom. The monoisotopic (exact) mass is 157 g/mol. The van der Waals surface area contributed by atoms with Crippen LogP contribution in [0.2, 0.25) is 0 Å². The second-order valence-electron chi connectivity index (χ2n) is 2.05. The topological polar surface area (TPSA) is 102 Å². The van der Waals surface area contributed by atoms with Gasteiger partial charge in [0.1, 0.15) is 0 Å². The highest BCUT2D eigenvalue weighted by atomic mass is 16.5. The van der Waals surface area contributed by atoms with Crippen molar-refractivity contribution in [2.24, 2.45) is 5.73 Å². The molecule has 0 spiro atoms. The smallest absolute Gasteiger partial charge is 0.377 e. The number of rotatable bonds is 2. The first-order chi connectivity index (χ1) is 5.11. The van der Waals surface area contributed by atoms with Gasteiger partial charge in [-0.25, -0.2) is 4.79 Å². The van der Waals surface area contributed by atoms with Crippen LogP contribution >= 0.6 is 0 Å². The summed E-state index contributed by atoms with van der Waals surface area (Å²) in [6.07, 6.45) is 0. The number of nitrogens with zero attached hydrogens (tertiary/aromatic N) is 2. The van der Waals surface area contributed by atoms with Gasteiger partial charge in [0.05, 0.1) is 6.04 Å². The number of nitrogens with two attached hydrogens (primary N) is 1. The Kier molecular flexibility index (Phi) is 1.86. The van der Waals surface area contributed by atoms with E-state index in [1.54, 1.807) is 6.92 Å². The standard InChI is InChI=1S/C5H7N3O3/c1-2(6)4-7-3(5(9)10)8-11-4/h2H,6H2,1H3,(H,9,10)/t2-/m0/s1. The molecule has 11 heavy (non-hydrogen) atoms. The van der Waals surface area contributed by atoms with Crippen LogP contribution in [0.1, 0.15) is 29.5 Å². The van der Waals surface area contributed by atoms with Gasteiger partial charge in [-0.05, 0) is 12.1 Å². The van der Waals surface area contributed by atoms with Crippen molar-refractivity contribution in [3.05, 3.63) is 11.7 Å². The average molecular weight is 157 g/mol. The third kappa shape index (κ3) is 1.53. The molecule has 0 bridgehead atoms. The molecule has 0 aromatic carbocycles. The molecule has 0 radical (unpaired) electrons. The lowest BCUT2D eigenvalue weighted by Gasteiger charge is -1.92. The van der Waals surface area contributed by atoms with E-state index in [0.717, 1.165) is 0 Å². The summed E-state index contributed by atoms with van der Waals surface area (Å²) in [6.45, 7) is 1.62. The molecule has 0 unspecified atom stereocenters. The number of aromatic carboxylic acids is 1. The van der Waals surface area contributed by atoms with Crippen LogP contribution < -0.4 is 5.73 Å². The Hall–Kier alpha value is -1.43. The largest absolute Gasteiger partial charge is 0.475 e. The van der Waals surface area contributed by atoms with E-state index in [9.17, 15) is 4.79 Å². The Labute approximate surface area is 62.0 Å². The van der Waals surface area contributed by atoms with Gasteiger partial charge >= 0.3 is 5.97 Å². The van der Waals surface area contributed by atoms with Crippen molar-refractivity contribution >= 4 is 5.97 Å². The van der Waals surface area contributed by atoms with Gasteiger partial charge in [-0.2, -0.15) is 4.98 Å². The van der Waals surface area contributed by atoms with E-state index in [4.69, 9.17) is 10.8 Å². The van der Waals surface area contributed by atoms with Crippen molar-refractivity contribution in [1.29, 1.82) is 0 Å². The summed E-state index contributed by atoms with van der Waals surface area (Å²) in [4.78, 5) is 13.7. The molecule has 6 nitrogen and oxygen atoms in total. The van der Waals surface area contributed by atoms with E-state index in [1.165, 1.54) is 0 Å². The maximum absolute atomic E-state index is 10.2. The molecular weight excluding hydrogens is 150 g/mol. The van der Waals surface area contributed by atoms with Gasteiger partial charge in [0.25, 0.3) is 5.82 Å². The maximum Gasteiger partial charge on any atom is 0.377 e. The lowest BCUT2D eigenvalue weighted by molar-refractivity contribution is 0.0680. The fourth-order valence-electron chi connectivity index (χ4n) is 0.507. The molecule has 60 valence electrons. The summed E-state index contributed by atoms with van der Waals surface area (Å²) in [6, 6.07) is -0.435. The highest BCUT2D eigenvalue weighted by Crippen LogP contribution is 2.05. The molecule has 0 saturated heterocycles. The van der Waals surface area contributed by atoms with Crippen molar-refractivity contribution in [2.45, 2.75) is 13.0 Å². The van der Waals surface area contributed by atoms with Crippen LogP contribution in [0.4, 0.5) is 0 Å². The fraction of sp³-hybridized carbons (Fsp3) is 0.400. The number of carboxylic acids is 1. The third-order valence-corrected chi connectivity index (χ3v) is 1.02. The predicted octanol–water partition coefficient (Wildman–Crippen LogP) is -0.213. The molecule has 1 aromatic rings. The van der Waals surface area contributed by atoms with E-state index in [1.807, 2.05) is 0 Å². The fourth-order valence-corrected chi connectivity index (χ4v) is 0.507. The number of carboxylic acid groups (broad SMARTS) is 1. The van der Waals surface area contributed by atoms with Gasteiger partial charge in [0.2, 0.25) is 5.89 Å². The summed E-state index contributed by atoms with van der Waals surface area (Å²) in [5.41, 5.74) is 5.34. The van der Waals surface area contributed by atoms with Crippen LogP contribution in [0.15, 0.2) is 4.52 Å². The molecule has 1 rings (SSSR count). The van der Waals surface area contributed by atoms with Crippen LogP contribution in [0.5, 0.6) is 0 Å². The van der Waals surface area contributed by atoms with Gasteiger partial charge in [-0.15, -0.1) is 0 Å². The molecule has 0 saturated carbocycles. The highest BCUT2D eigenvalue weighted by molar-refractivity contribution is 5.82. The van der Waals surface area contributed by atoms with E-state index >= 15 is 0 Å². The number of hydrogen-bond acceptors (Lipinski definition) is 5. The second kappa shape index (κ2) is 2.67. The molecule has 6 heteroatoms. The summed E-state index contributed by atoms with van der Waals surface area (Å²) in [5, 5.41) is 11.5. The molecule has 1 aromatic heterocycles. The van der Waals surface area contributed by atoms with E-state index < -0.39 is 12.0 Å². The van der Waals surface area contributed by atoms with E-state index in [2.05, 4.69) is 14.7 Å². The summed E-state index contributed by atoms with van der Waals surface area (Å²) in [5.74, 6) is -1.46. The first-order valence-corrected chi connectivity index (χ1v) is 2.93. The van der Waals surface area contributed by atoms with Crippen molar-refractivity contribution in [1.82, 2.24) is 10.1 Å². The van der Waals surface area contributed by atoms with Crippen molar-refractivity contribution in [2.75, 3.05) is 0 Å². The normalized spacial score (nSPS) is 12.9. The van der Waals surface area contributed by atoms with Crippen molar-refractivity contribution in [3.63, 3.8) is 0 Å². The van der Waals surface area contributed by atoms with E-state index in [-0.39, 0.29) is 11.7 Å². The maximum atomic E-state index is 10.2. The Morgan fingerprint density at radius 2 is 2.45 bits per heavy atom. The van der Waals surface area contributed by atoms with E-state index in [0.29, 0.717) is 0 Å². The van der Waals surface area contributed by atoms with Gasteiger partial charge in [-0.3, -0.25) is 0 Å². The molecule has 0 amide bonds. The SMILES string of the molecule is C[C@H](N)c1nc(C(=O)O)no1. The average Bonchev–Trinajstić information content (AvgIpc) is 2.33. The van der Waals surface area contributed by atoms with Crippen LogP contribution in [-0.2, 0) is 0 Å². The first-order valence-electron chi connectivity index (χ1n) is 2.93. The lowest BCUT2D eigenvalue weighted by Crippen LogP contribution is -2.06. The minimum absolute atomic E-state index is 0.127. The zero-order valence-electron chi connectivity index (χ0n) is 5.81. The quantitative estimate of drug-likeness (QED) is 0.615. The molecule has 1 atom stereocenters. The molecule has 1 heterocycles. The third-order valence-electron chi connectivity index (χ3n) is 1.02. The minimum atomic E-state index is -1.22. The molecule has 0 aliphatic carbocycles. The number of carbonyl (C=O) groups is 1. The Bertz CT molecular complexity index is 268. The van der Waals surface area contributed by atoms with Crippen LogP contribution in [0.25, 0.3) is 0 Å². The predicted molar refractivity (Wildman–Crippen MR) is 33.9 cm³/mol. The zero-order chi connectivity index (χ0) is 8.43. The van der Waals surface area contributed by atoms with Gasteiger partial charge in [-0.1, -0.05) is 0 Å². The lowest BCUT2D eigenvalue weighted by atomic mass is 10.4. The molecule has 0 fully saturated rings. The highest BCUT2D eigenvalue weighted by Gasteiger charge is 2.14. The van der Waals surface area contributed by atoms with Crippen LogP contribution in [-0.4, -0.2) is 21.2 Å².